The molecule has 8 N–H and O–H groups in total. The fourth-order valence-electron chi connectivity index (χ4n) is 5.87. The molecular formula is C27H39N8Na2O15P. The molecule has 23 nitrogen and oxygen atoms in total. The predicted octanol–water partition coefficient (Wildman–Crippen LogP) is -11.6. The molecule has 0 aromatic carbocycles. The van der Waals surface area contributed by atoms with Crippen LogP contribution in [-0.2, 0) is 28.0 Å². The Bertz CT molecular complexity index is 1880. The summed E-state index contributed by atoms with van der Waals surface area (Å²) in [6.07, 6.45) is -5.37. The molecule has 2 aliphatic heterocycles. The third-order valence-electron chi connectivity index (χ3n) is 8.45. The van der Waals surface area contributed by atoms with Gasteiger partial charge in [-0.15, -0.1) is 0 Å². The normalized spacial score (nSPS) is 23.8. The average molecular weight is 793 g/mol. The number of phosphoric acid groups is 1. The van der Waals surface area contributed by atoms with E-state index in [0.29, 0.717) is 0 Å². The number of hydrogen-bond acceptors (Lipinski definition) is 19. The summed E-state index contributed by atoms with van der Waals surface area (Å²) in [6.45, 7) is 0.0431. The average Bonchev–Trinajstić information content (AvgIpc) is 3.62. The number of H-pyrrole nitrogens is 2. The number of anilines is 1. The van der Waals surface area contributed by atoms with Crippen LogP contribution in [0.25, 0.3) is 11.2 Å². The molecule has 0 bridgehead atoms. The van der Waals surface area contributed by atoms with Gasteiger partial charge in [0.2, 0.25) is 5.95 Å². The molecule has 53 heavy (non-hydrogen) atoms. The van der Waals surface area contributed by atoms with Gasteiger partial charge < -0.3 is 64.0 Å². The van der Waals surface area contributed by atoms with E-state index in [1.807, 2.05) is 0 Å². The van der Waals surface area contributed by atoms with E-state index in [1.54, 1.807) is 4.90 Å². The first-order chi connectivity index (χ1) is 24.1. The minimum absolute atomic E-state index is 0. The first kappa shape index (κ1) is 46.0. The zero-order chi connectivity index (χ0) is 37.1. The number of nitrogens with two attached hydrogens (primary N) is 1. The largest absolute Gasteiger partial charge is 1.00 e. The second kappa shape index (κ2) is 19.6. The summed E-state index contributed by atoms with van der Waals surface area (Å²) in [5.74, 6) is -0.221. The number of fused-ring (bicyclic) bond motifs is 1. The molecular weight excluding hydrogens is 753 g/mol. The first-order valence-electron chi connectivity index (χ1n) is 15.7. The van der Waals surface area contributed by atoms with Crippen molar-refractivity contribution in [2.75, 3.05) is 65.0 Å². The van der Waals surface area contributed by atoms with Crippen LogP contribution in [0.15, 0.2) is 26.9 Å². The summed E-state index contributed by atoms with van der Waals surface area (Å²) in [5.41, 5.74) is 2.43. The number of phosphoric ester groups is 1. The minimum Gasteiger partial charge on any atom is -0.790 e. The number of aromatic amines is 2. The number of nitrogens with zero attached hydrogens (tertiary/aromatic N) is 5. The van der Waals surface area contributed by atoms with Gasteiger partial charge in [0.1, 0.15) is 17.8 Å². The van der Waals surface area contributed by atoms with E-state index in [4.69, 9.17) is 24.7 Å². The molecule has 6 atom stereocenters. The van der Waals surface area contributed by atoms with Gasteiger partial charge in [-0.3, -0.25) is 33.6 Å². The second-order valence-corrected chi connectivity index (χ2v) is 13.3. The Labute approximate surface area is 344 Å². The van der Waals surface area contributed by atoms with Gasteiger partial charge in [0.15, 0.2) is 23.6 Å². The molecule has 2 aliphatic rings. The van der Waals surface area contributed by atoms with E-state index in [0.717, 1.165) is 0 Å². The molecule has 26 heteroatoms. The number of nitrogen functional groups attached to an aromatic ring is 1. The molecule has 2 fully saturated rings. The summed E-state index contributed by atoms with van der Waals surface area (Å²) in [4.78, 5) is 73.2. The van der Waals surface area contributed by atoms with E-state index in [9.17, 15) is 49.2 Å². The van der Waals surface area contributed by atoms with Crippen molar-refractivity contribution in [3.05, 3.63) is 49.3 Å². The molecule has 0 saturated carbocycles. The van der Waals surface area contributed by atoms with Crippen LogP contribution in [0.3, 0.4) is 0 Å². The molecule has 3 aromatic rings. The number of aliphatic hydroxyl groups is 4. The monoisotopic (exact) mass is 792 g/mol. The fraction of sp³-hybridized carbons (Fsp3) is 0.667. The second-order valence-electron chi connectivity index (χ2n) is 12.2. The van der Waals surface area contributed by atoms with Crippen molar-refractivity contribution < 1.29 is 117 Å². The van der Waals surface area contributed by atoms with Crippen LogP contribution < -0.4 is 91.4 Å². The van der Waals surface area contributed by atoms with Crippen molar-refractivity contribution in [2.24, 2.45) is 0 Å². The fourth-order valence-corrected chi connectivity index (χ4v) is 6.21. The molecule has 284 valence electrons. The Morgan fingerprint density at radius 3 is 2.49 bits per heavy atom. The molecule has 3 aromatic heterocycles. The molecule has 5 rings (SSSR count). The minimum atomic E-state index is -5.42. The zero-order valence-corrected chi connectivity index (χ0v) is 34.1. The standard InChI is InChI=1S/C27H41N8O15P.2Na/c1-14-7-34(26(42)32-22(14)40)17-8-33(10-27(11-36,12-37)50-17)2-3-46-4-5-47-15(9-48-51(43,44)45)6-16-19(38)20(39)24(49-16)35-13-29-18-21(35)30-25(28)31-23(18)41;;/h7,13,15-17,19-20,24,36-39H,2-6,8-12H2,1H3,(H,32,40,42)(H2,43,44,45)(H3,28,30,31,41);;/q;2*+1/p-2/t15?,16-,17-,19-,20-,24-;;/m1../s1. The predicted molar refractivity (Wildman–Crippen MR) is 167 cm³/mol. The molecule has 0 aliphatic carbocycles. The summed E-state index contributed by atoms with van der Waals surface area (Å²) < 4.78 is 41.1. The van der Waals surface area contributed by atoms with Gasteiger partial charge in [-0.25, -0.2) is 9.78 Å². The number of hydrogen-bond donors (Lipinski definition) is 7. The number of imidazole rings is 1. The van der Waals surface area contributed by atoms with Crippen LogP contribution >= 0.6 is 7.82 Å². The van der Waals surface area contributed by atoms with E-state index in [2.05, 4.69) is 24.5 Å². The van der Waals surface area contributed by atoms with Gasteiger partial charge in [-0.2, -0.15) is 4.98 Å². The van der Waals surface area contributed by atoms with Crippen LogP contribution in [0.1, 0.15) is 24.4 Å². The van der Waals surface area contributed by atoms with Gasteiger partial charge in [0.25, 0.3) is 11.1 Å². The molecule has 0 amide bonds. The van der Waals surface area contributed by atoms with Crippen LogP contribution in [0, 0.1) is 6.92 Å². The maximum Gasteiger partial charge on any atom is 1.00 e. The number of morpholine rings is 1. The molecule has 1 unspecified atom stereocenters. The van der Waals surface area contributed by atoms with Gasteiger partial charge in [0, 0.05) is 37.8 Å². The molecule has 5 heterocycles. The maximum atomic E-state index is 12.5. The third-order valence-corrected chi connectivity index (χ3v) is 8.92. The van der Waals surface area contributed by atoms with Crippen LogP contribution in [0.4, 0.5) is 5.95 Å². The Hall–Kier alpha value is -1.42. The molecule has 0 radical (unpaired) electrons. The van der Waals surface area contributed by atoms with Crippen LogP contribution in [0.2, 0.25) is 0 Å². The van der Waals surface area contributed by atoms with Crippen molar-refractivity contribution in [3.8, 4) is 0 Å². The summed E-state index contributed by atoms with van der Waals surface area (Å²) in [6, 6.07) is 0. The van der Waals surface area contributed by atoms with Crippen LogP contribution in [-0.4, -0.2) is 144 Å². The summed E-state index contributed by atoms with van der Waals surface area (Å²) in [5, 5.41) is 41.5. The van der Waals surface area contributed by atoms with E-state index in [1.165, 1.54) is 28.6 Å². The smallest absolute Gasteiger partial charge is 0.790 e. The topological polar surface area (TPSA) is 338 Å². The quantitative estimate of drug-likeness (QED) is 0.0402. The Morgan fingerprint density at radius 2 is 1.81 bits per heavy atom. The number of aryl methyl sites for hydroxylation is 1. The Kier molecular flexibility index (Phi) is 17.0. The number of nitrogens with one attached hydrogen (secondary N) is 2. The van der Waals surface area contributed by atoms with Crippen molar-refractivity contribution >= 4 is 24.9 Å². The van der Waals surface area contributed by atoms with Crippen molar-refractivity contribution in [2.45, 2.75) is 55.8 Å². The SMILES string of the molecule is Cc1cn([C@H]2CN(CCOCCOC(COP(=O)([O-])[O-])C[C@H]3O[C@@H](n4cnc5c(=O)[nH]c(N)nc54)[C@H](O)[C@@H]3O)CC(CO)(CO)O2)c(=O)[nH]c1=O.[Na+].[Na+]. The third kappa shape index (κ3) is 11.3. The maximum absolute atomic E-state index is 12.5. The van der Waals surface area contributed by atoms with Gasteiger partial charge in [-0.1, -0.05) is 0 Å². The van der Waals surface area contributed by atoms with Gasteiger partial charge >= 0.3 is 64.8 Å². The van der Waals surface area contributed by atoms with Crippen LogP contribution in [0.5, 0.6) is 0 Å². The van der Waals surface area contributed by atoms with Crippen molar-refractivity contribution in [3.63, 3.8) is 0 Å². The Balaban J connectivity index is 0.00000378. The zero-order valence-electron chi connectivity index (χ0n) is 29.2. The molecule has 2 saturated heterocycles. The van der Waals surface area contributed by atoms with E-state index < -0.39 is 86.9 Å². The van der Waals surface area contributed by atoms with Crippen molar-refractivity contribution in [1.29, 1.82) is 0 Å². The number of rotatable bonds is 16. The van der Waals surface area contributed by atoms with E-state index in [-0.39, 0.29) is 128 Å². The van der Waals surface area contributed by atoms with Gasteiger partial charge in [-0.05, 0) is 6.92 Å². The van der Waals surface area contributed by atoms with Gasteiger partial charge in [0.05, 0.1) is 66.0 Å². The van der Waals surface area contributed by atoms with Crippen molar-refractivity contribution in [1.82, 2.24) is 34.0 Å². The first-order valence-corrected chi connectivity index (χ1v) is 17.1. The number of aromatic nitrogens is 6. The number of ether oxygens (including phenoxy) is 4. The Morgan fingerprint density at radius 1 is 1.09 bits per heavy atom. The summed E-state index contributed by atoms with van der Waals surface area (Å²) in [7, 11) is -5.42. The number of aliphatic hydroxyl groups excluding tert-OH is 4. The van der Waals surface area contributed by atoms with E-state index >= 15 is 0 Å². The summed E-state index contributed by atoms with van der Waals surface area (Å²) >= 11 is 0. The molecule has 0 spiro atoms.